The maximum Gasteiger partial charge on any atom is 0.264 e. The van der Waals surface area contributed by atoms with E-state index in [2.05, 4.69) is 5.32 Å². The molecule has 0 bridgehead atoms. The first-order valence-electron chi connectivity index (χ1n) is 15.8. The fraction of sp³-hybridized carbons (Fsp3) is 0.297. The minimum atomic E-state index is -4.28. The number of rotatable bonds is 12. The Labute approximate surface area is 281 Å². The van der Waals surface area contributed by atoms with Crippen molar-refractivity contribution in [2.45, 2.75) is 69.0 Å². The molecule has 0 radical (unpaired) electrons. The predicted molar refractivity (Wildman–Crippen MR) is 183 cm³/mol. The second kappa shape index (κ2) is 15.6. The highest BCUT2D eigenvalue weighted by molar-refractivity contribution is 7.92. The molecule has 1 saturated carbocycles. The fourth-order valence-electron chi connectivity index (χ4n) is 5.88. The van der Waals surface area contributed by atoms with E-state index in [1.54, 1.807) is 36.4 Å². The van der Waals surface area contributed by atoms with Crippen LogP contribution in [-0.4, -0.2) is 43.8 Å². The zero-order valence-corrected chi connectivity index (χ0v) is 27.9. The summed E-state index contributed by atoms with van der Waals surface area (Å²) < 4.78 is 43.2. The van der Waals surface area contributed by atoms with Crippen molar-refractivity contribution in [2.75, 3.05) is 10.8 Å². The van der Waals surface area contributed by atoms with Crippen molar-refractivity contribution in [3.05, 3.63) is 131 Å². The monoisotopic (exact) mass is 675 g/mol. The van der Waals surface area contributed by atoms with Gasteiger partial charge < -0.3 is 10.2 Å². The third kappa shape index (κ3) is 8.78. The average molecular weight is 676 g/mol. The van der Waals surface area contributed by atoms with Crippen LogP contribution in [0, 0.1) is 12.7 Å². The van der Waals surface area contributed by atoms with Crippen LogP contribution in [0.15, 0.2) is 108 Å². The lowest BCUT2D eigenvalue weighted by molar-refractivity contribution is -0.140. The predicted octanol–water partition coefficient (Wildman–Crippen LogP) is 7.07. The van der Waals surface area contributed by atoms with Gasteiger partial charge in [-0.05, 0) is 73.4 Å². The number of nitrogens with one attached hydrogen (secondary N) is 1. The second-order valence-electron chi connectivity index (χ2n) is 12.0. The summed E-state index contributed by atoms with van der Waals surface area (Å²) in [7, 11) is -4.28. The molecule has 1 fully saturated rings. The normalized spacial score (nSPS) is 14.3. The Morgan fingerprint density at radius 1 is 0.872 bits per heavy atom. The highest BCUT2D eigenvalue weighted by Gasteiger charge is 2.35. The van der Waals surface area contributed by atoms with Crippen LogP contribution in [0.4, 0.5) is 10.1 Å². The minimum Gasteiger partial charge on any atom is -0.352 e. The van der Waals surface area contributed by atoms with E-state index in [9.17, 15) is 22.4 Å². The molecule has 0 heterocycles. The molecule has 0 spiro atoms. The number of hydrogen-bond donors (Lipinski definition) is 1. The van der Waals surface area contributed by atoms with Gasteiger partial charge in [-0.15, -0.1) is 0 Å². The molecule has 10 heteroatoms. The Hall–Kier alpha value is -4.21. The number of halogens is 2. The van der Waals surface area contributed by atoms with Gasteiger partial charge in [-0.25, -0.2) is 12.8 Å². The molecule has 1 atom stereocenters. The van der Waals surface area contributed by atoms with Gasteiger partial charge in [-0.2, -0.15) is 0 Å². The van der Waals surface area contributed by atoms with Crippen LogP contribution in [0.25, 0.3) is 0 Å². The summed E-state index contributed by atoms with van der Waals surface area (Å²) in [5.41, 5.74) is 2.44. The summed E-state index contributed by atoms with van der Waals surface area (Å²) in [5, 5.41) is 3.60. The van der Waals surface area contributed by atoms with Gasteiger partial charge in [0.2, 0.25) is 11.8 Å². The van der Waals surface area contributed by atoms with Gasteiger partial charge in [0.25, 0.3) is 10.0 Å². The van der Waals surface area contributed by atoms with Gasteiger partial charge in [0, 0.05) is 24.0 Å². The summed E-state index contributed by atoms with van der Waals surface area (Å²) in [6.45, 7) is 1.18. The summed E-state index contributed by atoms with van der Waals surface area (Å²) >= 11 is 6.57. The highest BCUT2D eigenvalue weighted by Crippen LogP contribution is 2.27. The van der Waals surface area contributed by atoms with Crippen molar-refractivity contribution in [3.8, 4) is 0 Å². The number of anilines is 1. The summed E-state index contributed by atoms with van der Waals surface area (Å²) in [4.78, 5) is 30.2. The third-order valence-corrected chi connectivity index (χ3v) is 10.7. The van der Waals surface area contributed by atoms with Crippen molar-refractivity contribution >= 4 is 39.1 Å². The van der Waals surface area contributed by atoms with E-state index in [1.807, 2.05) is 37.3 Å². The molecule has 0 aliphatic heterocycles. The maximum absolute atomic E-state index is 14.6. The second-order valence-corrected chi connectivity index (χ2v) is 14.2. The highest BCUT2D eigenvalue weighted by atomic mass is 35.5. The number of aryl methyl sites for hydroxylation is 1. The molecular formula is C37H39ClFN3O4S. The lowest BCUT2D eigenvalue weighted by Crippen LogP contribution is -2.55. The van der Waals surface area contributed by atoms with Crippen LogP contribution in [-0.2, 0) is 32.6 Å². The first kappa shape index (κ1) is 34.1. The SMILES string of the molecule is Cc1ccc(S(=O)(=O)N(CC(=O)N(Cc2ccccc2Cl)C(Cc2ccccc2)C(=O)NC2CCCCC2)c2ccc(F)cc2)cc1. The number of sulfonamides is 1. The molecule has 5 rings (SSSR count). The summed E-state index contributed by atoms with van der Waals surface area (Å²) in [6, 6.07) is 26.7. The van der Waals surface area contributed by atoms with Gasteiger partial charge in [-0.3, -0.25) is 13.9 Å². The molecule has 1 N–H and O–H groups in total. The van der Waals surface area contributed by atoms with E-state index >= 15 is 0 Å². The van der Waals surface area contributed by atoms with Crippen LogP contribution in [0.1, 0.15) is 48.8 Å². The van der Waals surface area contributed by atoms with E-state index in [1.165, 1.54) is 29.2 Å². The number of amides is 2. The fourth-order valence-corrected chi connectivity index (χ4v) is 7.49. The number of nitrogens with zero attached hydrogens (tertiary/aromatic N) is 2. The maximum atomic E-state index is 14.6. The molecular weight excluding hydrogens is 637 g/mol. The van der Waals surface area contributed by atoms with E-state index < -0.39 is 34.3 Å². The van der Waals surface area contributed by atoms with Crippen molar-refractivity contribution in [3.63, 3.8) is 0 Å². The van der Waals surface area contributed by atoms with E-state index in [0.717, 1.165) is 59.7 Å². The van der Waals surface area contributed by atoms with E-state index in [4.69, 9.17) is 11.6 Å². The molecule has 0 saturated heterocycles. The van der Waals surface area contributed by atoms with Gasteiger partial charge >= 0.3 is 0 Å². The Morgan fingerprint density at radius 2 is 1.51 bits per heavy atom. The molecule has 2 amide bonds. The average Bonchev–Trinajstić information content (AvgIpc) is 3.07. The minimum absolute atomic E-state index is 0.00980. The smallest absolute Gasteiger partial charge is 0.264 e. The number of carbonyl (C=O) groups is 2. The topological polar surface area (TPSA) is 86.8 Å². The lowest BCUT2D eigenvalue weighted by Gasteiger charge is -2.35. The van der Waals surface area contributed by atoms with Gasteiger partial charge in [0.15, 0.2) is 0 Å². The molecule has 7 nitrogen and oxygen atoms in total. The quantitative estimate of drug-likeness (QED) is 0.174. The summed E-state index contributed by atoms with van der Waals surface area (Å²) in [6.07, 6.45) is 5.06. The Kier molecular flexibility index (Phi) is 11.3. The molecule has 47 heavy (non-hydrogen) atoms. The van der Waals surface area contributed by atoms with Crippen molar-refractivity contribution in [2.24, 2.45) is 0 Å². The molecule has 246 valence electrons. The standard InChI is InChI=1S/C37H39ClFN3O4S/c1-27-16-22-33(23-17-27)47(45,46)42(32-20-18-30(39)19-21-32)26-36(43)41(25-29-12-8-9-15-34(29)38)35(24-28-10-4-2-5-11-28)37(44)40-31-13-6-3-7-14-31/h2,4-5,8-12,15-23,31,35H,3,6-7,13-14,24-26H2,1H3,(H,40,44). The Morgan fingerprint density at radius 3 is 2.17 bits per heavy atom. The number of benzene rings is 4. The zero-order valence-electron chi connectivity index (χ0n) is 26.3. The third-order valence-electron chi connectivity index (χ3n) is 8.52. The van der Waals surface area contributed by atoms with E-state index in [-0.39, 0.29) is 35.5 Å². The molecule has 0 aromatic heterocycles. The molecule has 4 aromatic carbocycles. The zero-order chi connectivity index (χ0) is 33.4. The van der Waals surface area contributed by atoms with Crippen LogP contribution in [0.3, 0.4) is 0 Å². The molecule has 1 aliphatic rings. The van der Waals surface area contributed by atoms with E-state index in [0.29, 0.717) is 10.6 Å². The van der Waals surface area contributed by atoms with Crippen LogP contribution in [0.2, 0.25) is 5.02 Å². The molecule has 1 unspecified atom stereocenters. The first-order valence-corrected chi connectivity index (χ1v) is 17.7. The number of hydrogen-bond acceptors (Lipinski definition) is 4. The van der Waals surface area contributed by atoms with Crippen LogP contribution < -0.4 is 9.62 Å². The summed E-state index contributed by atoms with van der Waals surface area (Å²) in [5.74, 6) is -1.46. The molecule has 4 aromatic rings. The largest absolute Gasteiger partial charge is 0.352 e. The van der Waals surface area contributed by atoms with Crippen molar-refractivity contribution < 1.29 is 22.4 Å². The van der Waals surface area contributed by atoms with Crippen LogP contribution >= 0.6 is 11.6 Å². The van der Waals surface area contributed by atoms with Crippen LogP contribution in [0.5, 0.6) is 0 Å². The van der Waals surface area contributed by atoms with Crippen molar-refractivity contribution in [1.82, 2.24) is 10.2 Å². The first-order chi connectivity index (χ1) is 22.6. The van der Waals surface area contributed by atoms with Gasteiger partial charge in [-0.1, -0.05) is 97.1 Å². The van der Waals surface area contributed by atoms with Gasteiger partial charge in [0.1, 0.15) is 18.4 Å². The van der Waals surface area contributed by atoms with Gasteiger partial charge in [0.05, 0.1) is 10.6 Å². The molecule has 1 aliphatic carbocycles. The Bertz CT molecular complexity index is 1760. The number of carbonyl (C=O) groups excluding carboxylic acids is 2. The Balaban J connectivity index is 1.56. The lowest BCUT2D eigenvalue weighted by atomic mass is 9.94. The van der Waals surface area contributed by atoms with Crippen molar-refractivity contribution in [1.29, 1.82) is 0 Å².